The summed E-state index contributed by atoms with van der Waals surface area (Å²) in [5.41, 5.74) is 5.65. The van der Waals surface area contributed by atoms with Crippen molar-refractivity contribution >= 4 is 17.0 Å². The van der Waals surface area contributed by atoms with Crippen LogP contribution < -0.4 is 5.73 Å². The first kappa shape index (κ1) is 18.3. The number of nitrogens with zero attached hydrogens (tertiary/aromatic N) is 4. The fraction of sp³-hybridized carbons (Fsp3) is 0.389. The van der Waals surface area contributed by atoms with Crippen molar-refractivity contribution in [2.45, 2.75) is 37.3 Å². The number of ether oxygens (including phenoxy) is 3. The molecule has 3 aromatic rings. The smallest absolute Gasteiger partial charge is 0.382 e. The highest BCUT2D eigenvalue weighted by Gasteiger charge is 2.58. The third-order valence-electron chi connectivity index (χ3n) is 5.33. The second-order valence-corrected chi connectivity index (χ2v) is 7.15. The van der Waals surface area contributed by atoms with Crippen molar-refractivity contribution in [3.8, 4) is 0 Å². The summed E-state index contributed by atoms with van der Waals surface area (Å²) in [6.45, 7) is 2.08. The van der Waals surface area contributed by atoms with E-state index in [1.807, 2.05) is 6.92 Å². The van der Waals surface area contributed by atoms with Gasteiger partial charge in [-0.25, -0.2) is 15.0 Å². The molecule has 0 spiro atoms. The van der Waals surface area contributed by atoms with Crippen LogP contribution in [0.1, 0.15) is 30.6 Å². The SMILES string of the molecule is C[C@@]12OC(c3ccc(C(F)(F)F)cc3)O[C@@H]1COC2n1cnc2c(N)ncnc21. The molecule has 0 aliphatic carbocycles. The number of fused-ring (bicyclic) bond motifs is 2. The van der Waals surface area contributed by atoms with E-state index in [1.54, 1.807) is 10.9 Å². The highest BCUT2D eigenvalue weighted by molar-refractivity contribution is 5.81. The Morgan fingerprint density at radius 2 is 1.93 bits per heavy atom. The zero-order chi connectivity index (χ0) is 20.4. The topological polar surface area (TPSA) is 97.3 Å². The standard InChI is InChI=1S/C18H16F3N5O3/c1-17-11(28-15(29-17)9-2-4-10(5-3-9)18(19,20)21)6-27-16(17)26-8-25-12-13(22)23-7-24-14(12)26/h2-5,7-8,11,15-16H,6H2,1H3,(H2,22,23,24)/t11-,15?,16?,17-/m1/s1. The zero-order valence-corrected chi connectivity index (χ0v) is 15.1. The molecule has 4 heterocycles. The van der Waals surface area contributed by atoms with E-state index in [-0.39, 0.29) is 12.4 Å². The number of anilines is 1. The molecule has 2 unspecified atom stereocenters. The van der Waals surface area contributed by atoms with Gasteiger partial charge in [-0.1, -0.05) is 12.1 Å². The lowest BCUT2D eigenvalue weighted by Gasteiger charge is -2.28. The Kier molecular flexibility index (Phi) is 3.86. The van der Waals surface area contributed by atoms with Crippen LogP contribution in [0.3, 0.4) is 0 Å². The maximum Gasteiger partial charge on any atom is 0.416 e. The maximum absolute atomic E-state index is 12.8. The van der Waals surface area contributed by atoms with Gasteiger partial charge in [-0.15, -0.1) is 0 Å². The van der Waals surface area contributed by atoms with Crippen molar-refractivity contribution in [2.75, 3.05) is 12.3 Å². The van der Waals surface area contributed by atoms with Crippen LogP contribution in [0.15, 0.2) is 36.9 Å². The quantitative estimate of drug-likeness (QED) is 0.698. The highest BCUT2D eigenvalue weighted by atomic mass is 19.4. The van der Waals surface area contributed by atoms with E-state index in [9.17, 15) is 13.2 Å². The predicted molar refractivity (Wildman–Crippen MR) is 93.3 cm³/mol. The summed E-state index contributed by atoms with van der Waals surface area (Å²) in [6, 6.07) is 4.73. The minimum atomic E-state index is -4.40. The lowest BCUT2D eigenvalue weighted by atomic mass is 10.0. The monoisotopic (exact) mass is 407 g/mol. The summed E-state index contributed by atoms with van der Waals surface area (Å²) in [6.07, 6.45) is -3.36. The summed E-state index contributed by atoms with van der Waals surface area (Å²) in [4.78, 5) is 12.4. The first-order valence-electron chi connectivity index (χ1n) is 8.82. The lowest BCUT2D eigenvalue weighted by Crippen LogP contribution is -2.39. The highest BCUT2D eigenvalue weighted by Crippen LogP contribution is 2.49. The number of alkyl halides is 3. The van der Waals surface area contributed by atoms with Gasteiger partial charge in [-0.3, -0.25) is 4.57 Å². The number of rotatable bonds is 2. The minimum absolute atomic E-state index is 0.249. The van der Waals surface area contributed by atoms with E-state index in [1.165, 1.54) is 18.5 Å². The van der Waals surface area contributed by atoms with Gasteiger partial charge in [0.2, 0.25) is 0 Å². The van der Waals surface area contributed by atoms with Crippen molar-refractivity contribution in [1.82, 2.24) is 19.5 Å². The predicted octanol–water partition coefficient (Wildman–Crippen LogP) is 2.83. The molecule has 4 atom stereocenters. The van der Waals surface area contributed by atoms with E-state index in [0.29, 0.717) is 16.7 Å². The van der Waals surface area contributed by atoms with Gasteiger partial charge in [-0.2, -0.15) is 13.2 Å². The van der Waals surface area contributed by atoms with Gasteiger partial charge in [0.1, 0.15) is 23.5 Å². The van der Waals surface area contributed by atoms with Gasteiger partial charge in [0.05, 0.1) is 18.5 Å². The van der Waals surface area contributed by atoms with Crippen LogP contribution in [0.5, 0.6) is 0 Å². The molecule has 0 radical (unpaired) electrons. The fourth-order valence-electron chi connectivity index (χ4n) is 3.76. The van der Waals surface area contributed by atoms with E-state index in [2.05, 4.69) is 15.0 Å². The molecular formula is C18H16F3N5O3. The van der Waals surface area contributed by atoms with Crippen LogP contribution in [0.4, 0.5) is 19.0 Å². The number of hydrogen-bond acceptors (Lipinski definition) is 7. The van der Waals surface area contributed by atoms with Gasteiger partial charge in [0.25, 0.3) is 0 Å². The number of benzene rings is 1. The van der Waals surface area contributed by atoms with Crippen LogP contribution in [-0.2, 0) is 20.4 Å². The average Bonchev–Trinajstić information content (AvgIpc) is 3.32. The number of hydrogen-bond donors (Lipinski definition) is 1. The molecule has 0 bridgehead atoms. The Balaban J connectivity index is 1.44. The Bertz CT molecular complexity index is 1070. The molecule has 2 saturated heterocycles. The second-order valence-electron chi connectivity index (χ2n) is 7.15. The summed E-state index contributed by atoms with van der Waals surface area (Å²) in [5.74, 6) is 0.250. The van der Waals surface area contributed by atoms with Gasteiger partial charge in [-0.05, 0) is 19.1 Å². The molecule has 0 amide bonds. The minimum Gasteiger partial charge on any atom is -0.382 e. The molecule has 0 saturated carbocycles. The Morgan fingerprint density at radius 1 is 1.17 bits per heavy atom. The Hall–Kier alpha value is -2.76. The van der Waals surface area contributed by atoms with Gasteiger partial charge in [0, 0.05) is 5.56 Å². The fourth-order valence-corrected chi connectivity index (χ4v) is 3.76. The number of halogens is 3. The van der Waals surface area contributed by atoms with Crippen LogP contribution in [0.25, 0.3) is 11.2 Å². The van der Waals surface area contributed by atoms with Crippen LogP contribution in [0.2, 0.25) is 0 Å². The molecule has 152 valence electrons. The number of nitrogen functional groups attached to an aromatic ring is 1. The summed E-state index contributed by atoms with van der Waals surface area (Å²) in [7, 11) is 0. The van der Waals surface area contributed by atoms with Crippen molar-refractivity contribution < 1.29 is 27.4 Å². The van der Waals surface area contributed by atoms with E-state index < -0.39 is 36.0 Å². The van der Waals surface area contributed by atoms with E-state index >= 15 is 0 Å². The van der Waals surface area contributed by atoms with Gasteiger partial charge < -0.3 is 19.9 Å². The number of nitrogens with two attached hydrogens (primary N) is 1. The number of aromatic nitrogens is 4. The van der Waals surface area contributed by atoms with Crippen molar-refractivity contribution in [2.24, 2.45) is 0 Å². The summed E-state index contributed by atoms with van der Waals surface area (Å²) >= 11 is 0. The first-order chi connectivity index (χ1) is 13.8. The molecule has 8 nitrogen and oxygen atoms in total. The summed E-state index contributed by atoms with van der Waals surface area (Å²) in [5, 5.41) is 0. The first-order valence-corrected chi connectivity index (χ1v) is 8.82. The molecule has 5 rings (SSSR count). The van der Waals surface area contributed by atoms with Crippen LogP contribution >= 0.6 is 0 Å². The molecule has 2 aliphatic heterocycles. The lowest BCUT2D eigenvalue weighted by molar-refractivity contribution is -0.156. The molecule has 1 aromatic carbocycles. The van der Waals surface area contributed by atoms with Crippen LogP contribution in [-0.4, -0.2) is 37.8 Å². The van der Waals surface area contributed by atoms with Crippen molar-refractivity contribution in [1.29, 1.82) is 0 Å². The third-order valence-corrected chi connectivity index (χ3v) is 5.33. The molecular weight excluding hydrogens is 391 g/mol. The molecule has 29 heavy (non-hydrogen) atoms. The normalized spacial score (nSPS) is 29.4. The third kappa shape index (κ3) is 2.76. The molecule has 2 aliphatic rings. The number of imidazole rings is 1. The van der Waals surface area contributed by atoms with Crippen LogP contribution in [0, 0.1) is 0 Å². The average molecular weight is 407 g/mol. The van der Waals surface area contributed by atoms with E-state index in [0.717, 1.165) is 12.1 Å². The zero-order valence-electron chi connectivity index (χ0n) is 15.1. The molecule has 2 aromatic heterocycles. The Labute approximate surface area is 162 Å². The summed E-state index contributed by atoms with van der Waals surface area (Å²) < 4.78 is 58.1. The molecule has 11 heteroatoms. The maximum atomic E-state index is 12.8. The largest absolute Gasteiger partial charge is 0.416 e. The van der Waals surface area contributed by atoms with Gasteiger partial charge in [0.15, 0.2) is 24.0 Å². The molecule has 2 N–H and O–H groups in total. The van der Waals surface area contributed by atoms with Crippen molar-refractivity contribution in [3.05, 3.63) is 48.0 Å². The van der Waals surface area contributed by atoms with Gasteiger partial charge >= 0.3 is 6.18 Å². The van der Waals surface area contributed by atoms with E-state index in [4.69, 9.17) is 19.9 Å². The second kappa shape index (κ2) is 6.12. The molecule has 2 fully saturated rings. The Morgan fingerprint density at radius 3 is 2.66 bits per heavy atom. The van der Waals surface area contributed by atoms with Crippen molar-refractivity contribution in [3.63, 3.8) is 0 Å².